The summed E-state index contributed by atoms with van der Waals surface area (Å²) in [5.41, 5.74) is 0.272. The molecule has 0 N–H and O–H groups in total. The maximum atomic E-state index is 13.2. The Morgan fingerprint density at radius 2 is 1.71 bits per heavy atom. The maximum absolute atomic E-state index is 13.2. The van der Waals surface area contributed by atoms with Gasteiger partial charge in [0.1, 0.15) is 5.82 Å². The van der Waals surface area contributed by atoms with Gasteiger partial charge in [-0.1, -0.05) is 11.2 Å². The minimum Gasteiger partial charge on any atom is -0.329 e. The standard InChI is InChI=1S/C15H8F4N2O2S/c16-10-2-1-3-12(8-10)24(22)11-6-4-9(5-7-11)13-20-14(23-21-13)15(17,18)19/h1-8H. The monoisotopic (exact) mass is 356 g/mol. The molecule has 0 aliphatic carbocycles. The second-order valence-corrected chi connectivity index (χ2v) is 6.15. The van der Waals surface area contributed by atoms with E-state index in [9.17, 15) is 21.8 Å². The van der Waals surface area contributed by atoms with E-state index in [0.29, 0.717) is 4.90 Å². The number of rotatable bonds is 3. The fourth-order valence-corrected chi connectivity index (χ4v) is 2.98. The molecule has 1 atom stereocenters. The molecule has 3 rings (SSSR count). The van der Waals surface area contributed by atoms with Crippen molar-refractivity contribution in [1.29, 1.82) is 0 Å². The largest absolute Gasteiger partial charge is 0.471 e. The van der Waals surface area contributed by atoms with Crippen LogP contribution < -0.4 is 0 Å². The Bertz CT molecular complexity index is 891. The molecule has 1 heterocycles. The highest BCUT2D eigenvalue weighted by Crippen LogP contribution is 2.29. The predicted molar refractivity (Wildman–Crippen MR) is 75.8 cm³/mol. The van der Waals surface area contributed by atoms with Gasteiger partial charge in [0, 0.05) is 15.4 Å². The van der Waals surface area contributed by atoms with Crippen LogP contribution in [0.5, 0.6) is 0 Å². The molecule has 0 bridgehead atoms. The Labute approximate surface area is 135 Å². The van der Waals surface area contributed by atoms with E-state index >= 15 is 0 Å². The van der Waals surface area contributed by atoms with Gasteiger partial charge < -0.3 is 4.52 Å². The van der Waals surface area contributed by atoms with Gasteiger partial charge >= 0.3 is 12.1 Å². The lowest BCUT2D eigenvalue weighted by atomic mass is 10.2. The predicted octanol–water partition coefficient (Wildman–Crippen LogP) is 4.06. The summed E-state index contributed by atoms with van der Waals surface area (Å²) in [5.74, 6) is -2.18. The summed E-state index contributed by atoms with van der Waals surface area (Å²) in [5, 5.41) is 3.27. The first-order chi connectivity index (χ1) is 11.3. The molecule has 0 radical (unpaired) electrons. The molecule has 0 fully saturated rings. The molecule has 0 spiro atoms. The Morgan fingerprint density at radius 1 is 1.00 bits per heavy atom. The topological polar surface area (TPSA) is 56.0 Å². The molecule has 24 heavy (non-hydrogen) atoms. The quantitative estimate of drug-likeness (QED) is 0.664. The number of nitrogens with zero attached hydrogens (tertiary/aromatic N) is 2. The van der Waals surface area contributed by atoms with E-state index in [1.807, 2.05) is 0 Å². The Balaban J connectivity index is 1.85. The van der Waals surface area contributed by atoms with E-state index in [4.69, 9.17) is 0 Å². The smallest absolute Gasteiger partial charge is 0.329 e. The van der Waals surface area contributed by atoms with Crippen molar-refractivity contribution < 1.29 is 26.3 Å². The lowest BCUT2D eigenvalue weighted by molar-refractivity contribution is -0.159. The van der Waals surface area contributed by atoms with Gasteiger partial charge in [-0.3, -0.25) is 0 Å². The Morgan fingerprint density at radius 3 is 2.29 bits per heavy atom. The zero-order chi connectivity index (χ0) is 17.3. The molecule has 0 aliphatic rings. The van der Waals surface area contributed by atoms with Crippen LogP contribution in [0, 0.1) is 5.82 Å². The number of aromatic nitrogens is 2. The number of hydrogen-bond acceptors (Lipinski definition) is 4. The summed E-state index contributed by atoms with van der Waals surface area (Å²) in [6, 6.07) is 11.1. The number of alkyl halides is 3. The minimum absolute atomic E-state index is 0.231. The Hall–Kier alpha value is -2.55. The lowest BCUT2D eigenvalue weighted by Gasteiger charge is -2.03. The summed E-state index contributed by atoms with van der Waals surface area (Å²) >= 11 is 0. The molecule has 124 valence electrons. The van der Waals surface area contributed by atoms with Crippen LogP contribution in [0.2, 0.25) is 0 Å². The average molecular weight is 356 g/mol. The number of halogens is 4. The molecule has 9 heteroatoms. The fourth-order valence-electron chi connectivity index (χ4n) is 1.90. The molecule has 1 unspecified atom stereocenters. The van der Waals surface area contributed by atoms with Gasteiger partial charge in [0.25, 0.3) is 0 Å². The van der Waals surface area contributed by atoms with Crippen molar-refractivity contribution in [2.75, 3.05) is 0 Å². The second-order valence-electron chi connectivity index (χ2n) is 4.67. The van der Waals surface area contributed by atoms with Crippen LogP contribution >= 0.6 is 0 Å². The molecule has 0 saturated heterocycles. The molecule has 0 amide bonds. The van der Waals surface area contributed by atoms with Crippen molar-refractivity contribution >= 4 is 10.8 Å². The fraction of sp³-hybridized carbons (Fsp3) is 0.0667. The van der Waals surface area contributed by atoms with E-state index in [0.717, 1.165) is 6.07 Å². The van der Waals surface area contributed by atoms with Crippen LogP contribution in [-0.2, 0) is 17.0 Å². The molecular weight excluding hydrogens is 348 g/mol. The van der Waals surface area contributed by atoms with Crippen LogP contribution in [0.4, 0.5) is 17.6 Å². The zero-order valence-electron chi connectivity index (χ0n) is 11.7. The zero-order valence-corrected chi connectivity index (χ0v) is 12.6. The van der Waals surface area contributed by atoms with E-state index < -0.39 is 28.7 Å². The van der Waals surface area contributed by atoms with Crippen LogP contribution in [0.1, 0.15) is 5.89 Å². The van der Waals surface area contributed by atoms with Gasteiger partial charge in [-0.25, -0.2) is 8.60 Å². The van der Waals surface area contributed by atoms with E-state index in [-0.39, 0.29) is 16.3 Å². The molecule has 0 aliphatic heterocycles. The summed E-state index contributed by atoms with van der Waals surface area (Å²) in [4.78, 5) is 3.91. The van der Waals surface area contributed by atoms with Crippen LogP contribution in [0.15, 0.2) is 62.8 Å². The SMILES string of the molecule is O=S(c1ccc(-c2noc(C(F)(F)F)n2)cc1)c1cccc(F)c1. The van der Waals surface area contributed by atoms with Crippen molar-refractivity contribution in [2.24, 2.45) is 0 Å². The third kappa shape index (κ3) is 3.35. The first-order valence-corrected chi connectivity index (χ1v) is 7.68. The van der Waals surface area contributed by atoms with Crippen molar-refractivity contribution in [3.8, 4) is 11.4 Å². The van der Waals surface area contributed by atoms with Crippen LogP contribution in [0.25, 0.3) is 11.4 Å². The van der Waals surface area contributed by atoms with Crippen LogP contribution in [0.3, 0.4) is 0 Å². The van der Waals surface area contributed by atoms with E-state index in [1.165, 1.54) is 42.5 Å². The summed E-state index contributed by atoms with van der Waals surface area (Å²) in [6.07, 6.45) is -4.72. The highest BCUT2D eigenvalue weighted by atomic mass is 32.2. The molecule has 4 nitrogen and oxygen atoms in total. The highest BCUT2D eigenvalue weighted by Gasteiger charge is 2.38. The first kappa shape index (κ1) is 16.3. The minimum atomic E-state index is -4.72. The van der Waals surface area contributed by atoms with Gasteiger partial charge in [0.05, 0.1) is 10.8 Å². The second kappa shape index (κ2) is 6.16. The van der Waals surface area contributed by atoms with E-state index in [2.05, 4.69) is 14.7 Å². The average Bonchev–Trinajstić information content (AvgIpc) is 3.04. The number of benzene rings is 2. The summed E-state index contributed by atoms with van der Waals surface area (Å²) < 4.78 is 67.0. The van der Waals surface area contributed by atoms with Gasteiger partial charge in [-0.05, 0) is 42.5 Å². The van der Waals surface area contributed by atoms with Crippen molar-refractivity contribution in [1.82, 2.24) is 10.1 Å². The molecule has 3 aromatic rings. The first-order valence-electron chi connectivity index (χ1n) is 6.53. The third-order valence-corrected chi connectivity index (χ3v) is 4.39. The van der Waals surface area contributed by atoms with Crippen molar-refractivity contribution in [3.05, 3.63) is 60.2 Å². The Kier molecular flexibility index (Phi) is 4.18. The highest BCUT2D eigenvalue weighted by molar-refractivity contribution is 7.85. The molecular formula is C15H8F4N2O2S. The molecule has 1 aromatic heterocycles. The molecule has 0 saturated carbocycles. The van der Waals surface area contributed by atoms with Gasteiger partial charge in [-0.15, -0.1) is 0 Å². The maximum Gasteiger partial charge on any atom is 0.471 e. The third-order valence-electron chi connectivity index (χ3n) is 3.01. The van der Waals surface area contributed by atoms with Gasteiger partial charge in [0.15, 0.2) is 0 Å². The van der Waals surface area contributed by atoms with Crippen molar-refractivity contribution in [3.63, 3.8) is 0 Å². The van der Waals surface area contributed by atoms with Gasteiger partial charge in [-0.2, -0.15) is 18.2 Å². The van der Waals surface area contributed by atoms with Gasteiger partial charge in [0.2, 0.25) is 5.82 Å². The van der Waals surface area contributed by atoms with Crippen LogP contribution in [-0.4, -0.2) is 14.3 Å². The van der Waals surface area contributed by atoms with E-state index in [1.54, 1.807) is 0 Å². The summed E-state index contributed by atoms with van der Waals surface area (Å²) in [7, 11) is -1.61. The molecule has 2 aromatic carbocycles. The lowest BCUT2D eigenvalue weighted by Crippen LogP contribution is -2.04. The summed E-state index contributed by atoms with van der Waals surface area (Å²) in [6.45, 7) is 0. The number of hydrogen-bond donors (Lipinski definition) is 0. The normalized spacial score (nSPS) is 13.0. The van der Waals surface area contributed by atoms with Crippen molar-refractivity contribution in [2.45, 2.75) is 16.0 Å².